The molecule has 9 nitrogen and oxygen atoms in total. The molecule has 0 spiro atoms. The van der Waals surface area contributed by atoms with Gasteiger partial charge in [0.05, 0.1) is 22.6 Å². The van der Waals surface area contributed by atoms with Crippen molar-refractivity contribution in [3.63, 3.8) is 0 Å². The van der Waals surface area contributed by atoms with Crippen LogP contribution in [0.25, 0.3) is 0 Å². The highest BCUT2D eigenvalue weighted by Gasteiger charge is 2.16. The third-order valence-corrected chi connectivity index (χ3v) is 5.14. The maximum absolute atomic E-state index is 12.2. The van der Waals surface area contributed by atoms with Gasteiger partial charge in [0.1, 0.15) is 12.4 Å². The smallest absolute Gasteiger partial charge is 0.307 e. The summed E-state index contributed by atoms with van der Waals surface area (Å²) >= 11 is 0. The molecule has 0 aliphatic carbocycles. The van der Waals surface area contributed by atoms with Crippen LogP contribution < -0.4 is 10.0 Å². The number of hydrogen-bond donors (Lipinski definition) is 2. The quantitative estimate of drug-likeness (QED) is 0.651. The molecule has 1 aromatic carbocycles. The van der Waals surface area contributed by atoms with Crippen molar-refractivity contribution in [2.24, 2.45) is 0 Å². The van der Waals surface area contributed by atoms with Gasteiger partial charge in [-0.3, -0.25) is 9.59 Å². The molecule has 2 rings (SSSR count). The molecular weight excluding hydrogens is 374 g/mol. The van der Waals surface area contributed by atoms with E-state index in [0.29, 0.717) is 22.7 Å². The maximum Gasteiger partial charge on any atom is 0.307 e. The van der Waals surface area contributed by atoms with Gasteiger partial charge in [0.25, 0.3) is 0 Å². The Hall–Kier alpha value is -2.72. The van der Waals surface area contributed by atoms with E-state index in [2.05, 4.69) is 15.2 Å². The number of aryl methyl sites for hydroxylation is 2. The summed E-state index contributed by atoms with van der Waals surface area (Å²) in [4.78, 5) is 22.8. The van der Waals surface area contributed by atoms with Crippen molar-refractivity contribution >= 4 is 27.6 Å². The zero-order valence-corrected chi connectivity index (χ0v) is 16.1. The largest absolute Gasteiger partial charge is 0.461 e. The van der Waals surface area contributed by atoms with Gasteiger partial charge in [-0.15, -0.1) is 0 Å². The summed E-state index contributed by atoms with van der Waals surface area (Å²) in [6, 6.07) is 5.69. The number of hydrogen-bond acceptors (Lipinski definition) is 7. The van der Waals surface area contributed by atoms with Crippen LogP contribution >= 0.6 is 0 Å². The second kappa shape index (κ2) is 8.78. The minimum atomic E-state index is -3.77. The number of nitrogens with zero attached hydrogens (tertiary/aromatic N) is 1. The van der Waals surface area contributed by atoms with Crippen molar-refractivity contribution in [3.05, 3.63) is 41.3 Å². The Morgan fingerprint density at radius 2 is 1.85 bits per heavy atom. The first-order valence-electron chi connectivity index (χ1n) is 8.13. The average Bonchev–Trinajstić information content (AvgIpc) is 2.91. The number of anilines is 1. The number of carbonyl (C=O) groups excluding carboxylic acids is 2. The monoisotopic (exact) mass is 395 g/mol. The Bertz CT molecular complexity index is 899. The van der Waals surface area contributed by atoms with E-state index in [1.807, 2.05) is 0 Å². The van der Waals surface area contributed by atoms with E-state index in [4.69, 9.17) is 9.26 Å². The van der Waals surface area contributed by atoms with Gasteiger partial charge in [-0.2, -0.15) is 0 Å². The lowest BCUT2D eigenvalue weighted by Gasteiger charge is -2.08. The molecule has 10 heteroatoms. The summed E-state index contributed by atoms with van der Waals surface area (Å²) in [6.45, 7) is 4.74. The molecule has 0 saturated heterocycles. The van der Waals surface area contributed by atoms with E-state index in [1.54, 1.807) is 13.8 Å². The minimum absolute atomic E-state index is 0.0252. The Kier molecular flexibility index (Phi) is 6.70. The van der Waals surface area contributed by atoms with Gasteiger partial charge in [0.2, 0.25) is 15.9 Å². The van der Waals surface area contributed by atoms with Crippen LogP contribution in [0.2, 0.25) is 0 Å². The highest BCUT2D eigenvalue weighted by atomic mass is 32.2. The molecule has 0 bridgehead atoms. The topological polar surface area (TPSA) is 128 Å². The summed E-state index contributed by atoms with van der Waals surface area (Å²) < 4.78 is 36.8. The van der Waals surface area contributed by atoms with Crippen LogP contribution in [-0.4, -0.2) is 32.0 Å². The number of rotatable bonds is 8. The van der Waals surface area contributed by atoms with E-state index in [9.17, 15) is 18.0 Å². The lowest BCUT2D eigenvalue weighted by molar-refractivity contribution is -0.144. The van der Waals surface area contributed by atoms with E-state index in [-0.39, 0.29) is 30.4 Å². The van der Waals surface area contributed by atoms with Gasteiger partial charge in [-0.05, 0) is 38.1 Å². The van der Waals surface area contributed by atoms with Gasteiger partial charge < -0.3 is 14.6 Å². The number of benzene rings is 1. The molecule has 0 atom stereocenters. The van der Waals surface area contributed by atoms with Gasteiger partial charge in [0, 0.05) is 19.2 Å². The zero-order valence-electron chi connectivity index (χ0n) is 15.2. The summed E-state index contributed by atoms with van der Waals surface area (Å²) in [5, 5.41) is 6.31. The highest BCUT2D eigenvalue weighted by molar-refractivity contribution is 7.89. The molecule has 27 heavy (non-hydrogen) atoms. The molecule has 2 N–H and O–H groups in total. The van der Waals surface area contributed by atoms with E-state index in [0.717, 1.165) is 0 Å². The molecule has 146 valence electrons. The molecule has 0 unspecified atom stereocenters. The molecule has 1 aromatic heterocycles. The number of amides is 1. The van der Waals surface area contributed by atoms with Crippen LogP contribution in [0, 0.1) is 13.8 Å². The predicted molar refractivity (Wildman–Crippen MR) is 96.3 cm³/mol. The SMILES string of the molecule is CC(=O)Nc1ccc(S(=O)(=O)NCCC(=O)OCc2c(C)noc2C)cc1. The van der Waals surface area contributed by atoms with Crippen molar-refractivity contribution in [2.75, 3.05) is 11.9 Å². The van der Waals surface area contributed by atoms with E-state index >= 15 is 0 Å². The van der Waals surface area contributed by atoms with Crippen molar-refractivity contribution < 1.29 is 27.3 Å². The molecule has 0 aliphatic rings. The first-order chi connectivity index (χ1) is 12.7. The van der Waals surface area contributed by atoms with Crippen molar-refractivity contribution in [1.29, 1.82) is 0 Å². The first-order valence-corrected chi connectivity index (χ1v) is 9.62. The van der Waals surface area contributed by atoms with Gasteiger partial charge in [-0.25, -0.2) is 13.1 Å². The third kappa shape index (κ3) is 5.90. The molecule has 0 aliphatic heterocycles. The Labute approximate surface area is 157 Å². The molecule has 0 fully saturated rings. The molecule has 0 radical (unpaired) electrons. The minimum Gasteiger partial charge on any atom is -0.461 e. The van der Waals surface area contributed by atoms with Gasteiger partial charge in [-0.1, -0.05) is 5.16 Å². The third-order valence-electron chi connectivity index (χ3n) is 3.66. The Morgan fingerprint density at radius 1 is 1.19 bits per heavy atom. The fourth-order valence-electron chi connectivity index (χ4n) is 2.22. The van der Waals surface area contributed by atoms with Crippen molar-refractivity contribution in [1.82, 2.24) is 9.88 Å². The number of esters is 1. The van der Waals surface area contributed by atoms with E-state index in [1.165, 1.54) is 31.2 Å². The number of sulfonamides is 1. The lowest BCUT2D eigenvalue weighted by atomic mass is 10.2. The van der Waals surface area contributed by atoms with Crippen LogP contribution in [0.15, 0.2) is 33.7 Å². The predicted octanol–water partition coefficient (Wildman–Crippen LogP) is 1.66. The molecule has 2 aromatic rings. The number of ether oxygens (including phenoxy) is 1. The zero-order chi connectivity index (χ0) is 20.0. The van der Waals surface area contributed by atoms with Crippen LogP contribution in [0.1, 0.15) is 30.4 Å². The molecule has 1 amide bonds. The number of carbonyl (C=O) groups is 2. The standard InChI is InChI=1S/C17H21N3O6S/c1-11-16(12(2)26-20-11)10-25-17(22)8-9-18-27(23,24)15-6-4-14(5-7-15)19-13(3)21/h4-7,18H,8-10H2,1-3H3,(H,19,21). The van der Waals surface area contributed by atoms with Crippen LogP contribution in [0.4, 0.5) is 5.69 Å². The average molecular weight is 395 g/mol. The fraction of sp³-hybridized carbons (Fsp3) is 0.353. The van der Waals surface area contributed by atoms with E-state index < -0.39 is 16.0 Å². The fourth-order valence-corrected chi connectivity index (χ4v) is 3.26. The number of aromatic nitrogens is 1. The number of nitrogens with one attached hydrogen (secondary N) is 2. The molecular formula is C17H21N3O6S. The normalized spacial score (nSPS) is 11.2. The van der Waals surface area contributed by atoms with Crippen LogP contribution in [0.5, 0.6) is 0 Å². The Morgan fingerprint density at radius 3 is 2.41 bits per heavy atom. The highest BCUT2D eigenvalue weighted by Crippen LogP contribution is 2.15. The Balaban J connectivity index is 1.82. The summed E-state index contributed by atoms with van der Waals surface area (Å²) in [6.07, 6.45) is -0.118. The summed E-state index contributed by atoms with van der Waals surface area (Å²) in [5.74, 6) is -0.221. The van der Waals surface area contributed by atoms with Gasteiger partial charge >= 0.3 is 5.97 Å². The van der Waals surface area contributed by atoms with Crippen LogP contribution in [0.3, 0.4) is 0 Å². The molecule has 0 saturated carbocycles. The first kappa shape index (κ1) is 20.6. The second-order valence-electron chi connectivity index (χ2n) is 5.82. The molecule has 1 heterocycles. The second-order valence-corrected chi connectivity index (χ2v) is 7.58. The van der Waals surface area contributed by atoms with Gasteiger partial charge in [0.15, 0.2) is 0 Å². The van der Waals surface area contributed by atoms with Crippen LogP contribution in [-0.2, 0) is 31.0 Å². The lowest BCUT2D eigenvalue weighted by Crippen LogP contribution is -2.26. The summed E-state index contributed by atoms with van der Waals surface area (Å²) in [7, 11) is -3.77. The maximum atomic E-state index is 12.2. The summed E-state index contributed by atoms with van der Waals surface area (Å²) in [5.41, 5.74) is 1.83. The van der Waals surface area contributed by atoms with Crippen molar-refractivity contribution in [2.45, 2.75) is 38.7 Å². The van der Waals surface area contributed by atoms with Crippen molar-refractivity contribution in [3.8, 4) is 0 Å².